The van der Waals surface area contributed by atoms with Crippen molar-refractivity contribution in [3.8, 4) is 0 Å². The highest BCUT2D eigenvalue weighted by molar-refractivity contribution is 6.29. The summed E-state index contributed by atoms with van der Waals surface area (Å²) >= 11 is 5.39. The molecule has 1 unspecified atom stereocenters. The van der Waals surface area contributed by atoms with E-state index in [2.05, 4.69) is 4.74 Å². The molecule has 0 radical (unpaired) electrons. The molecule has 0 aromatic heterocycles. The lowest BCUT2D eigenvalue weighted by Gasteiger charge is -2.02. The Hall–Kier alpha value is -0.860. The quantitative estimate of drug-likeness (QED) is 0.319. The van der Waals surface area contributed by atoms with E-state index >= 15 is 0 Å². The molecule has 0 aliphatic carbocycles. The Balaban J connectivity index is 0. The van der Waals surface area contributed by atoms with E-state index in [0.29, 0.717) is 6.61 Å². The summed E-state index contributed by atoms with van der Waals surface area (Å²) in [5, 5.41) is 4.89. The molecule has 1 N–H and O–H groups in total. The summed E-state index contributed by atoms with van der Waals surface area (Å²) in [5.41, 5.74) is 0. The average Bonchev–Trinajstić information content (AvgIpc) is 2.01. The van der Waals surface area contributed by atoms with Gasteiger partial charge in [0.15, 0.2) is 0 Å². The zero-order valence-corrected chi connectivity index (χ0v) is 7.85. The molecule has 0 saturated heterocycles. The van der Waals surface area contributed by atoms with Crippen LogP contribution >= 0.6 is 11.6 Å². The second kappa shape index (κ2) is 10.1. The topological polar surface area (TPSA) is 67.2 Å². The molecule has 5 heteroatoms. The highest BCUT2D eigenvalue weighted by Gasteiger charge is 2.08. The van der Waals surface area contributed by atoms with Crippen molar-refractivity contribution in [1.82, 2.24) is 0 Å². The summed E-state index contributed by atoms with van der Waals surface area (Å²) in [5.74, 6) is -0.335. The van der Waals surface area contributed by atoms with Gasteiger partial charge in [-0.1, -0.05) is 6.92 Å². The summed E-state index contributed by atoms with van der Waals surface area (Å²) < 4.78 is 4.68. The predicted molar refractivity (Wildman–Crippen MR) is 45.0 cm³/mol. The fourth-order valence-electron chi connectivity index (χ4n) is 0.317. The van der Waals surface area contributed by atoms with Gasteiger partial charge in [-0.05, 0) is 13.3 Å². The fourth-order valence-corrected chi connectivity index (χ4v) is 0.380. The lowest BCUT2D eigenvalue weighted by molar-refractivity contribution is -0.142. The maximum Gasteiger partial charge on any atom is 0.323 e. The van der Waals surface area contributed by atoms with Crippen LogP contribution < -0.4 is 0 Å². The molecule has 70 valence electrons. The maximum atomic E-state index is 10.5. The summed E-state index contributed by atoms with van der Waals surface area (Å²) in [4.78, 5) is 18.9. The van der Waals surface area contributed by atoms with E-state index < -0.39 is 5.38 Å². The Kier molecular flexibility index (Phi) is 11.6. The van der Waals surface area contributed by atoms with Crippen LogP contribution in [0.1, 0.15) is 20.3 Å². The lowest BCUT2D eigenvalue weighted by Crippen LogP contribution is -2.14. The Morgan fingerprint density at radius 3 is 2.42 bits per heavy atom. The molecular weight excluding hydrogens is 182 g/mol. The smallest absolute Gasteiger partial charge is 0.323 e. The van der Waals surface area contributed by atoms with Gasteiger partial charge in [0, 0.05) is 0 Å². The highest BCUT2D eigenvalue weighted by Crippen LogP contribution is 1.96. The molecule has 0 spiro atoms. The van der Waals surface area contributed by atoms with Crippen LogP contribution in [-0.4, -0.2) is 24.0 Å². The second-order valence-electron chi connectivity index (χ2n) is 1.89. The van der Waals surface area contributed by atoms with Crippen molar-refractivity contribution in [1.29, 1.82) is 5.41 Å². The first kappa shape index (κ1) is 13.7. The number of ether oxygens (including phenoxy) is 1. The van der Waals surface area contributed by atoms with Gasteiger partial charge in [-0.25, -0.2) is 10.2 Å². The summed E-state index contributed by atoms with van der Waals surface area (Å²) in [6, 6.07) is 0. The Bertz CT molecular complexity index is 153. The standard InChI is InChI=1S/C6H11ClO2.CHNO/c1-3-4-9-6(8)5(2)7;2-1-3/h5H,3-4H2,1-2H3;2H. The molecule has 0 rings (SSSR count). The number of carbonyl (C=O) groups is 1. The zero-order valence-electron chi connectivity index (χ0n) is 7.09. The van der Waals surface area contributed by atoms with Crippen LogP contribution in [0, 0.1) is 5.41 Å². The molecule has 0 heterocycles. The fraction of sp³-hybridized carbons (Fsp3) is 0.714. The molecule has 0 aliphatic rings. The third-order valence-electron chi connectivity index (χ3n) is 0.773. The molecule has 0 saturated carbocycles. The molecule has 12 heavy (non-hydrogen) atoms. The Labute approximate surface area is 76.4 Å². The average molecular weight is 194 g/mol. The third kappa shape index (κ3) is 11.9. The van der Waals surface area contributed by atoms with Crippen LogP contribution in [0.15, 0.2) is 0 Å². The number of esters is 1. The van der Waals surface area contributed by atoms with Gasteiger partial charge in [0.2, 0.25) is 6.08 Å². The molecule has 0 aromatic carbocycles. The first-order valence-electron chi connectivity index (χ1n) is 3.44. The molecular formula is C7H12ClNO3. The van der Waals surface area contributed by atoms with Gasteiger partial charge in [-0.2, -0.15) is 0 Å². The minimum absolute atomic E-state index is 0.335. The summed E-state index contributed by atoms with van der Waals surface area (Å²) in [6.07, 6.45) is 1.59. The number of alkyl halides is 1. The number of hydrogen-bond donors (Lipinski definition) is 1. The number of isocyanates is 1. The summed E-state index contributed by atoms with van der Waals surface area (Å²) in [6.45, 7) is 4.00. The van der Waals surface area contributed by atoms with Crippen LogP contribution in [0.2, 0.25) is 0 Å². The van der Waals surface area contributed by atoms with Crippen molar-refractivity contribution in [3.63, 3.8) is 0 Å². The predicted octanol–water partition coefficient (Wildman–Crippen LogP) is 1.47. The molecule has 0 amide bonds. The van der Waals surface area contributed by atoms with Crippen LogP contribution in [-0.2, 0) is 14.3 Å². The first-order chi connectivity index (χ1) is 5.59. The molecule has 1 atom stereocenters. The number of halogens is 1. The van der Waals surface area contributed by atoms with Crippen molar-refractivity contribution < 1.29 is 14.3 Å². The van der Waals surface area contributed by atoms with Crippen molar-refractivity contribution in [2.75, 3.05) is 6.61 Å². The second-order valence-corrected chi connectivity index (χ2v) is 2.54. The monoisotopic (exact) mass is 193 g/mol. The minimum Gasteiger partial charge on any atom is -0.465 e. The SMILES string of the molecule is CCCOC(=O)C(C)Cl.N=C=O. The molecule has 0 aromatic rings. The van der Waals surface area contributed by atoms with Gasteiger partial charge in [0.1, 0.15) is 5.38 Å². The van der Waals surface area contributed by atoms with E-state index in [-0.39, 0.29) is 5.97 Å². The minimum atomic E-state index is -0.517. The van der Waals surface area contributed by atoms with E-state index in [9.17, 15) is 4.79 Å². The number of rotatable bonds is 3. The lowest BCUT2D eigenvalue weighted by atomic mass is 10.5. The van der Waals surface area contributed by atoms with E-state index in [1.807, 2.05) is 6.92 Å². The van der Waals surface area contributed by atoms with Gasteiger partial charge < -0.3 is 4.74 Å². The largest absolute Gasteiger partial charge is 0.465 e. The number of hydrogen-bond acceptors (Lipinski definition) is 4. The molecule has 4 nitrogen and oxygen atoms in total. The van der Waals surface area contributed by atoms with E-state index in [0.717, 1.165) is 12.5 Å². The normalized spacial score (nSPS) is 10.2. The number of nitrogens with one attached hydrogen (secondary N) is 1. The van der Waals surface area contributed by atoms with E-state index in [1.54, 1.807) is 6.92 Å². The zero-order chi connectivity index (χ0) is 9.98. The van der Waals surface area contributed by atoms with Crippen molar-refractivity contribution in [2.45, 2.75) is 25.6 Å². The Morgan fingerprint density at radius 1 is 1.75 bits per heavy atom. The van der Waals surface area contributed by atoms with E-state index in [4.69, 9.17) is 21.8 Å². The van der Waals surface area contributed by atoms with E-state index in [1.165, 1.54) is 0 Å². The van der Waals surface area contributed by atoms with Gasteiger partial charge in [-0.3, -0.25) is 4.79 Å². The van der Waals surface area contributed by atoms with Gasteiger partial charge >= 0.3 is 5.97 Å². The van der Waals surface area contributed by atoms with Gasteiger partial charge in [0.25, 0.3) is 0 Å². The summed E-state index contributed by atoms with van der Waals surface area (Å²) in [7, 11) is 0. The molecule has 0 aliphatic heterocycles. The Morgan fingerprint density at radius 2 is 2.17 bits per heavy atom. The number of carbonyl (C=O) groups excluding carboxylic acids is 2. The third-order valence-corrected chi connectivity index (χ3v) is 0.951. The van der Waals surface area contributed by atoms with Crippen LogP contribution in [0.4, 0.5) is 0 Å². The van der Waals surface area contributed by atoms with Gasteiger partial charge in [-0.15, -0.1) is 11.6 Å². The molecule has 0 fully saturated rings. The van der Waals surface area contributed by atoms with Crippen molar-refractivity contribution >= 4 is 23.7 Å². The van der Waals surface area contributed by atoms with Crippen LogP contribution in [0.5, 0.6) is 0 Å². The molecule has 0 bridgehead atoms. The van der Waals surface area contributed by atoms with Gasteiger partial charge in [0.05, 0.1) is 6.61 Å². The van der Waals surface area contributed by atoms with Crippen molar-refractivity contribution in [3.05, 3.63) is 0 Å². The highest BCUT2D eigenvalue weighted by atomic mass is 35.5. The van der Waals surface area contributed by atoms with Crippen LogP contribution in [0.3, 0.4) is 0 Å². The van der Waals surface area contributed by atoms with Crippen molar-refractivity contribution in [2.24, 2.45) is 0 Å². The maximum absolute atomic E-state index is 10.5. The van der Waals surface area contributed by atoms with Crippen LogP contribution in [0.25, 0.3) is 0 Å². The first-order valence-corrected chi connectivity index (χ1v) is 3.88.